The summed E-state index contributed by atoms with van der Waals surface area (Å²) in [5, 5.41) is 12.1. The Bertz CT molecular complexity index is 734. The van der Waals surface area contributed by atoms with E-state index < -0.39 is 5.97 Å². The second-order valence-corrected chi connectivity index (χ2v) is 7.16. The summed E-state index contributed by atoms with van der Waals surface area (Å²) >= 11 is 0. The van der Waals surface area contributed by atoms with E-state index in [0.29, 0.717) is 34.8 Å². The number of carboxylic acid groups (broad SMARTS) is 1. The van der Waals surface area contributed by atoms with E-state index >= 15 is 0 Å². The molecule has 0 amide bonds. The van der Waals surface area contributed by atoms with Crippen LogP contribution in [0.1, 0.15) is 38.1 Å². The van der Waals surface area contributed by atoms with Gasteiger partial charge in [-0.25, -0.2) is 14.8 Å². The number of nitrogens with zero attached hydrogens (tertiary/aromatic N) is 3. The number of carboxylic acids is 1. The normalized spacial score (nSPS) is 11.0. The first-order valence-corrected chi connectivity index (χ1v) is 8.73. The number of hydrogen-bond donors (Lipinski definition) is 3. The van der Waals surface area contributed by atoms with Crippen molar-refractivity contribution in [3.8, 4) is 0 Å². The summed E-state index contributed by atoms with van der Waals surface area (Å²) in [4.78, 5) is 21.8. The predicted molar refractivity (Wildman–Crippen MR) is 105 cm³/mol. The van der Waals surface area contributed by atoms with Gasteiger partial charge in [0.05, 0.1) is 5.56 Å². The van der Waals surface area contributed by atoms with Crippen LogP contribution in [0.5, 0.6) is 0 Å². The fourth-order valence-electron chi connectivity index (χ4n) is 2.70. The Morgan fingerprint density at radius 2 is 1.69 bits per heavy atom. The van der Waals surface area contributed by atoms with Crippen LogP contribution < -0.4 is 16.0 Å². The van der Waals surface area contributed by atoms with Crippen molar-refractivity contribution >= 4 is 29.0 Å². The van der Waals surface area contributed by atoms with Gasteiger partial charge in [0, 0.05) is 18.8 Å². The van der Waals surface area contributed by atoms with Gasteiger partial charge in [0.1, 0.15) is 12.0 Å². The molecule has 26 heavy (non-hydrogen) atoms. The van der Waals surface area contributed by atoms with Crippen molar-refractivity contribution in [2.75, 3.05) is 29.0 Å². The average Bonchev–Trinajstić information content (AvgIpc) is 2.56. The largest absolute Gasteiger partial charge is 0.478 e. The van der Waals surface area contributed by atoms with Crippen LogP contribution in [0.3, 0.4) is 0 Å². The molecular weight excluding hydrogens is 330 g/mol. The molecule has 1 aromatic heterocycles. The van der Waals surface area contributed by atoms with Gasteiger partial charge in [-0.3, -0.25) is 0 Å². The van der Waals surface area contributed by atoms with Gasteiger partial charge in [-0.1, -0.05) is 27.7 Å². The molecule has 0 fully saturated rings. The summed E-state index contributed by atoms with van der Waals surface area (Å²) in [7, 11) is 0. The second-order valence-electron chi connectivity index (χ2n) is 7.16. The van der Waals surface area contributed by atoms with E-state index in [2.05, 4.69) is 47.9 Å². The minimum Gasteiger partial charge on any atom is -0.478 e. The Morgan fingerprint density at radius 3 is 2.19 bits per heavy atom. The van der Waals surface area contributed by atoms with E-state index in [1.54, 1.807) is 12.1 Å². The van der Waals surface area contributed by atoms with Gasteiger partial charge in [-0.05, 0) is 36.1 Å². The molecule has 2 aromatic rings. The highest BCUT2D eigenvalue weighted by atomic mass is 16.4. The quantitative estimate of drug-likeness (QED) is 0.663. The first-order chi connectivity index (χ1) is 12.3. The minimum atomic E-state index is -0.960. The van der Waals surface area contributed by atoms with Gasteiger partial charge in [0.2, 0.25) is 0 Å². The Labute approximate surface area is 154 Å². The third kappa shape index (κ3) is 5.08. The maximum atomic E-state index is 11.0. The first-order valence-electron chi connectivity index (χ1n) is 8.73. The van der Waals surface area contributed by atoms with Crippen LogP contribution in [0.25, 0.3) is 0 Å². The zero-order valence-corrected chi connectivity index (χ0v) is 15.7. The molecule has 0 atom stereocenters. The van der Waals surface area contributed by atoms with Crippen LogP contribution in [0.4, 0.5) is 23.0 Å². The maximum absolute atomic E-state index is 11.0. The van der Waals surface area contributed by atoms with Crippen LogP contribution in [0, 0.1) is 11.8 Å². The number of benzene rings is 1. The molecule has 2 rings (SSSR count). The van der Waals surface area contributed by atoms with Crippen molar-refractivity contribution in [2.45, 2.75) is 27.7 Å². The number of aromatic carboxylic acids is 1. The lowest BCUT2D eigenvalue weighted by Crippen LogP contribution is -2.32. The van der Waals surface area contributed by atoms with E-state index in [0.717, 1.165) is 13.1 Å². The highest BCUT2D eigenvalue weighted by molar-refractivity contribution is 5.88. The molecule has 0 aliphatic heterocycles. The van der Waals surface area contributed by atoms with E-state index in [1.807, 2.05) is 0 Å². The zero-order valence-electron chi connectivity index (χ0n) is 15.7. The summed E-state index contributed by atoms with van der Waals surface area (Å²) in [5.74, 6) is 1.22. The van der Waals surface area contributed by atoms with Gasteiger partial charge < -0.3 is 21.1 Å². The highest BCUT2D eigenvalue weighted by Crippen LogP contribution is 2.29. The van der Waals surface area contributed by atoms with Crippen molar-refractivity contribution in [3.05, 3.63) is 36.2 Å². The average molecular weight is 357 g/mol. The van der Waals surface area contributed by atoms with Gasteiger partial charge in [0.25, 0.3) is 0 Å². The number of rotatable bonds is 8. The van der Waals surface area contributed by atoms with Crippen molar-refractivity contribution in [3.63, 3.8) is 0 Å². The van der Waals surface area contributed by atoms with Gasteiger partial charge in [0.15, 0.2) is 11.6 Å². The predicted octanol–water partition coefficient (Wildman–Crippen LogP) is 3.62. The summed E-state index contributed by atoms with van der Waals surface area (Å²) in [6.07, 6.45) is 1.49. The van der Waals surface area contributed by atoms with Crippen molar-refractivity contribution in [1.82, 2.24) is 9.97 Å². The molecule has 0 aliphatic carbocycles. The molecule has 7 heteroatoms. The van der Waals surface area contributed by atoms with Crippen LogP contribution in [-0.4, -0.2) is 34.1 Å². The fourth-order valence-corrected chi connectivity index (χ4v) is 2.70. The number of hydrogen-bond acceptors (Lipinski definition) is 6. The van der Waals surface area contributed by atoms with Crippen LogP contribution in [0.15, 0.2) is 30.6 Å². The van der Waals surface area contributed by atoms with Crippen molar-refractivity contribution in [2.24, 2.45) is 11.8 Å². The SMILES string of the molecule is CC(C)CN(CC(C)C)c1ncnc(Nc2ccc(C(=O)O)cc2)c1N. The van der Waals surface area contributed by atoms with E-state index in [-0.39, 0.29) is 5.56 Å². The molecule has 0 unspecified atom stereocenters. The molecule has 0 bridgehead atoms. The molecular formula is C19H27N5O2. The third-order valence-electron chi connectivity index (χ3n) is 3.73. The smallest absolute Gasteiger partial charge is 0.335 e. The number of nitrogens with two attached hydrogens (primary N) is 1. The lowest BCUT2D eigenvalue weighted by molar-refractivity contribution is 0.0697. The lowest BCUT2D eigenvalue weighted by atomic mass is 10.1. The molecule has 0 radical (unpaired) electrons. The van der Waals surface area contributed by atoms with Crippen LogP contribution in [-0.2, 0) is 0 Å². The number of nitrogen functional groups attached to an aromatic ring is 1. The monoisotopic (exact) mass is 357 g/mol. The van der Waals surface area contributed by atoms with E-state index in [9.17, 15) is 4.79 Å². The molecule has 1 heterocycles. The molecule has 0 spiro atoms. The fraction of sp³-hybridized carbons (Fsp3) is 0.421. The van der Waals surface area contributed by atoms with Crippen LogP contribution >= 0.6 is 0 Å². The van der Waals surface area contributed by atoms with Crippen molar-refractivity contribution in [1.29, 1.82) is 0 Å². The van der Waals surface area contributed by atoms with Gasteiger partial charge in [-0.2, -0.15) is 0 Å². The second kappa shape index (κ2) is 8.51. The van der Waals surface area contributed by atoms with Crippen molar-refractivity contribution < 1.29 is 9.90 Å². The molecule has 0 saturated carbocycles. The molecule has 7 nitrogen and oxygen atoms in total. The Kier molecular flexibility index (Phi) is 6.38. The van der Waals surface area contributed by atoms with Gasteiger partial charge in [-0.15, -0.1) is 0 Å². The summed E-state index contributed by atoms with van der Waals surface area (Å²) in [6, 6.07) is 6.44. The van der Waals surface area contributed by atoms with Gasteiger partial charge >= 0.3 is 5.97 Å². The summed E-state index contributed by atoms with van der Waals surface area (Å²) < 4.78 is 0. The molecule has 140 valence electrons. The Morgan fingerprint density at radius 1 is 1.12 bits per heavy atom. The minimum absolute atomic E-state index is 0.229. The number of aromatic nitrogens is 2. The standard InChI is InChI=1S/C19H27N5O2/c1-12(2)9-24(10-13(3)4)18-16(20)17(21-11-22-18)23-15-7-5-14(6-8-15)19(25)26/h5-8,11-13H,9-10,20H2,1-4H3,(H,25,26)(H,21,22,23). The molecule has 1 aromatic carbocycles. The zero-order chi connectivity index (χ0) is 19.3. The lowest BCUT2D eigenvalue weighted by Gasteiger charge is -2.28. The topological polar surface area (TPSA) is 104 Å². The van der Waals surface area contributed by atoms with E-state index in [4.69, 9.17) is 10.8 Å². The van der Waals surface area contributed by atoms with E-state index in [1.165, 1.54) is 18.5 Å². The summed E-state index contributed by atoms with van der Waals surface area (Å²) in [5.41, 5.74) is 7.76. The Hall–Kier alpha value is -2.83. The first kappa shape index (κ1) is 19.5. The molecule has 0 aliphatic rings. The molecule has 0 saturated heterocycles. The number of anilines is 4. The number of nitrogens with one attached hydrogen (secondary N) is 1. The number of carbonyl (C=O) groups is 1. The summed E-state index contributed by atoms with van der Waals surface area (Å²) in [6.45, 7) is 10.3. The van der Waals surface area contributed by atoms with Crippen LogP contribution in [0.2, 0.25) is 0 Å². The molecule has 4 N–H and O–H groups in total. The Balaban J connectivity index is 2.27. The third-order valence-corrected chi connectivity index (χ3v) is 3.73. The highest BCUT2D eigenvalue weighted by Gasteiger charge is 2.17. The maximum Gasteiger partial charge on any atom is 0.335 e.